The number of nitro benzene ring substituents is 1. The van der Waals surface area contributed by atoms with Gasteiger partial charge in [-0.1, -0.05) is 23.7 Å². The normalized spacial score (nSPS) is 15.5. The molecule has 4 aromatic rings. The predicted molar refractivity (Wildman–Crippen MR) is 116 cm³/mol. The second-order valence-electron chi connectivity index (χ2n) is 7.02. The van der Waals surface area contributed by atoms with E-state index in [4.69, 9.17) is 16.0 Å². The second kappa shape index (κ2) is 7.00. The molecule has 0 unspecified atom stereocenters. The maximum Gasteiger partial charge on any atom is 0.297 e. The van der Waals surface area contributed by atoms with Gasteiger partial charge in [0.1, 0.15) is 5.58 Å². The van der Waals surface area contributed by atoms with Gasteiger partial charge in [0.05, 0.1) is 27.6 Å². The summed E-state index contributed by atoms with van der Waals surface area (Å²) in [6.07, 6.45) is 0. The van der Waals surface area contributed by atoms with E-state index in [-0.39, 0.29) is 28.0 Å². The first-order chi connectivity index (χ1) is 14.8. The maximum absolute atomic E-state index is 13.5. The maximum atomic E-state index is 13.5. The molecule has 2 aromatic carbocycles. The van der Waals surface area contributed by atoms with E-state index in [9.17, 15) is 19.7 Å². The highest BCUT2D eigenvalue weighted by atomic mass is 35.5. The number of benzene rings is 2. The van der Waals surface area contributed by atoms with Crippen LogP contribution in [0.4, 0.5) is 10.8 Å². The third-order valence-electron chi connectivity index (χ3n) is 5.04. The van der Waals surface area contributed by atoms with Crippen molar-refractivity contribution >= 4 is 50.6 Å². The molecule has 3 heterocycles. The quantitative estimate of drug-likeness (QED) is 0.323. The number of aryl methyl sites for hydroxylation is 1. The summed E-state index contributed by atoms with van der Waals surface area (Å²) in [7, 11) is 0. The molecule has 2 aromatic heterocycles. The highest BCUT2D eigenvalue weighted by Gasteiger charge is 2.45. The summed E-state index contributed by atoms with van der Waals surface area (Å²) in [4.78, 5) is 43.4. The van der Waals surface area contributed by atoms with E-state index in [1.165, 1.54) is 46.6 Å². The van der Waals surface area contributed by atoms with Crippen molar-refractivity contribution in [2.45, 2.75) is 13.0 Å². The Kier molecular flexibility index (Phi) is 4.38. The molecule has 1 atom stereocenters. The van der Waals surface area contributed by atoms with Gasteiger partial charge in [-0.05, 0) is 30.7 Å². The smallest absolute Gasteiger partial charge is 0.297 e. The molecule has 0 bridgehead atoms. The van der Waals surface area contributed by atoms with E-state index in [0.717, 1.165) is 0 Å². The van der Waals surface area contributed by atoms with E-state index in [1.54, 1.807) is 24.4 Å². The molecule has 0 fully saturated rings. The van der Waals surface area contributed by atoms with E-state index in [0.29, 0.717) is 21.4 Å². The Morgan fingerprint density at radius 2 is 2.03 bits per heavy atom. The Morgan fingerprint density at radius 3 is 2.74 bits per heavy atom. The number of nitro groups is 1. The van der Waals surface area contributed by atoms with E-state index < -0.39 is 22.3 Å². The first-order valence-corrected chi connectivity index (χ1v) is 10.4. The molecule has 0 N–H and O–H groups in total. The molecule has 5 rings (SSSR count). The minimum absolute atomic E-state index is 0.105. The zero-order chi connectivity index (χ0) is 21.9. The van der Waals surface area contributed by atoms with Gasteiger partial charge in [0, 0.05) is 22.5 Å². The summed E-state index contributed by atoms with van der Waals surface area (Å²) in [5.74, 6) is -0.640. The van der Waals surface area contributed by atoms with E-state index >= 15 is 0 Å². The Labute approximate surface area is 183 Å². The number of rotatable bonds is 3. The lowest BCUT2D eigenvalue weighted by molar-refractivity contribution is -0.384. The standard InChI is InChI=1S/C21H12ClN3O5S/c1-10-9-31-21(23-10)24-17(11-3-2-4-13(7-11)25(28)29)16-18(26)14-8-12(22)5-6-15(14)30-19(16)20(24)27/h2-9,17H,1H3/t17-/m0/s1. The minimum atomic E-state index is -0.924. The molecule has 0 saturated heterocycles. The average Bonchev–Trinajstić information content (AvgIpc) is 3.30. The molecule has 154 valence electrons. The van der Waals surface area contributed by atoms with Gasteiger partial charge in [-0.25, -0.2) is 4.98 Å². The van der Waals surface area contributed by atoms with Gasteiger partial charge >= 0.3 is 0 Å². The lowest BCUT2D eigenvalue weighted by atomic mass is 9.98. The summed E-state index contributed by atoms with van der Waals surface area (Å²) in [5, 5.41) is 14.1. The lowest BCUT2D eigenvalue weighted by Crippen LogP contribution is -2.29. The van der Waals surface area contributed by atoms with Crippen molar-refractivity contribution in [2.24, 2.45) is 0 Å². The highest BCUT2D eigenvalue weighted by molar-refractivity contribution is 7.14. The van der Waals surface area contributed by atoms with Crippen LogP contribution >= 0.6 is 22.9 Å². The number of aromatic nitrogens is 1. The average molecular weight is 454 g/mol. The van der Waals surface area contributed by atoms with Crippen LogP contribution in [0.2, 0.25) is 5.02 Å². The summed E-state index contributed by atoms with van der Waals surface area (Å²) >= 11 is 7.30. The van der Waals surface area contributed by atoms with Crippen LogP contribution in [0.1, 0.15) is 33.4 Å². The number of carbonyl (C=O) groups excluding carboxylic acids is 1. The van der Waals surface area contributed by atoms with Gasteiger partial charge < -0.3 is 4.42 Å². The van der Waals surface area contributed by atoms with Crippen LogP contribution in [0.5, 0.6) is 0 Å². The first-order valence-electron chi connectivity index (χ1n) is 9.11. The number of halogens is 1. The summed E-state index contributed by atoms with van der Waals surface area (Å²) in [6, 6.07) is 9.50. The molecular formula is C21H12ClN3O5S. The second-order valence-corrected chi connectivity index (χ2v) is 8.29. The van der Waals surface area contributed by atoms with Crippen LogP contribution in [-0.4, -0.2) is 15.8 Å². The van der Waals surface area contributed by atoms with Gasteiger partial charge in [0.25, 0.3) is 11.6 Å². The zero-order valence-corrected chi connectivity index (χ0v) is 17.4. The number of thiazole rings is 1. The SMILES string of the molecule is Cc1csc(N2C(=O)c3oc4ccc(Cl)cc4c(=O)c3[C@@H]2c2cccc([N+](=O)[O-])c2)n1. The third-order valence-corrected chi connectivity index (χ3v) is 6.23. The molecule has 8 nitrogen and oxygen atoms in total. The number of nitrogens with zero attached hydrogens (tertiary/aromatic N) is 3. The molecular weight excluding hydrogens is 442 g/mol. The van der Waals surface area contributed by atoms with Crippen molar-refractivity contribution in [2.75, 3.05) is 4.90 Å². The third kappa shape index (κ3) is 3.01. The fraction of sp³-hybridized carbons (Fsp3) is 0.0952. The van der Waals surface area contributed by atoms with Crippen molar-refractivity contribution in [3.63, 3.8) is 0 Å². The molecule has 31 heavy (non-hydrogen) atoms. The van der Waals surface area contributed by atoms with E-state index in [2.05, 4.69) is 4.98 Å². The Balaban J connectivity index is 1.83. The number of hydrogen-bond donors (Lipinski definition) is 0. The molecule has 0 spiro atoms. The van der Waals surface area contributed by atoms with Crippen LogP contribution in [0.25, 0.3) is 11.0 Å². The largest absolute Gasteiger partial charge is 0.450 e. The fourth-order valence-electron chi connectivity index (χ4n) is 3.72. The molecule has 1 amide bonds. The number of fused-ring (bicyclic) bond motifs is 2. The summed E-state index contributed by atoms with van der Waals surface area (Å²) in [6.45, 7) is 1.79. The Bertz CT molecular complexity index is 1460. The van der Waals surface area contributed by atoms with Gasteiger partial charge in [-0.15, -0.1) is 11.3 Å². The monoisotopic (exact) mass is 453 g/mol. The molecule has 1 aliphatic rings. The Morgan fingerprint density at radius 1 is 1.23 bits per heavy atom. The topological polar surface area (TPSA) is 107 Å². The van der Waals surface area contributed by atoms with Crippen LogP contribution in [0.3, 0.4) is 0 Å². The van der Waals surface area contributed by atoms with Crippen LogP contribution in [0.15, 0.2) is 57.1 Å². The Hall–Kier alpha value is -3.56. The predicted octanol–water partition coefficient (Wildman–Crippen LogP) is 4.87. The van der Waals surface area contributed by atoms with Crippen molar-refractivity contribution in [1.29, 1.82) is 0 Å². The molecule has 0 radical (unpaired) electrons. The van der Waals surface area contributed by atoms with E-state index in [1.807, 2.05) is 0 Å². The van der Waals surface area contributed by atoms with Crippen LogP contribution in [0, 0.1) is 17.0 Å². The van der Waals surface area contributed by atoms with Crippen LogP contribution in [-0.2, 0) is 0 Å². The zero-order valence-electron chi connectivity index (χ0n) is 15.9. The van der Waals surface area contributed by atoms with Gasteiger partial charge in [-0.3, -0.25) is 24.6 Å². The molecule has 0 saturated carbocycles. The minimum Gasteiger partial charge on any atom is -0.450 e. The number of hydrogen-bond acceptors (Lipinski definition) is 7. The number of anilines is 1. The van der Waals surface area contributed by atoms with Crippen molar-refractivity contribution in [3.8, 4) is 0 Å². The fourth-order valence-corrected chi connectivity index (χ4v) is 4.72. The van der Waals surface area contributed by atoms with Crippen molar-refractivity contribution in [1.82, 2.24) is 4.98 Å². The van der Waals surface area contributed by atoms with Crippen molar-refractivity contribution < 1.29 is 14.1 Å². The van der Waals surface area contributed by atoms with Crippen LogP contribution < -0.4 is 10.3 Å². The van der Waals surface area contributed by atoms with Crippen molar-refractivity contribution in [3.05, 3.63) is 95.8 Å². The summed E-state index contributed by atoms with van der Waals surface area (Å²) in [5.41, 5.74) is 0.881. The number of carbonyl (C=O) groups is 1. The molecule has 10 heteroatoms. The van der Waals surface area contributed by atoms with Gasteiger partial charge in [0.15, 0.2) is 10.6 Å². The number of non-ortho nitro benzene ring substituents is 1. The lowest BCUT2D eigenvalue weighted by Gasteiger charge is -2.22. The highest BCUT2D eigenvalue weighted by Crippen LogP contribution is 2.42. The first kappa shape index (κ1) is 19.4. The molecule has 1 aliphatic heterocycles. The van der Waals surface area contributed by atoms with Gasteiger partial charge in [-0.2, -0.15) is 0 Å². The number of amides is 1. The molecule has 0 aliphatic carbocycles. The summed E-state index contributed by atoms with van der Waals surface area (Å²) < 4.78 is 5.83. The van der Waals surface area contributed by atoms with Gasteiger partial charge in [0.2, 0.25) is 5.76 Å².